The van der Waals surface area contributed by atoms with E-state index in [1.54, 1.807) is 23.5 Å². The Bertz CT molecular complexity index is 793. The SMILES string of the molecule is OC(CNCCC(O)(c1ccccc1)c1ccsc1)c1ccc(F)cc1. The van der Waals surface area contributed by atoms with Crippen molar-refractivity contribution in [1.29, 1.82) is 0 Å². The van der Waals surface area contributed by atoms with Crippen molar-refractivity contribution in [2.45, 2.75) is 18.1 Å². The van der Waals surface area contributed by atoms with Crippen LogP contribution in [0.3, 0.4) is 0 Å². The molecule has 0 aliphatic carbocycles. The molecular weight excluding hydrogens is 349 g/mol. The first-order valence-electron chi connectivity index (χ1n) is 8.54. The monoisotopic (exact) mass is 371 g/mol. The maximum atomic E-state index is 13.0. The normalized spacial score (nSPS) is 14.7. The molecular formula is C21H22FNO2S. The molecule has 26 heavy (non-hydrogen) atoms. The number of aliphatic hydroxyl groups excluding tert-OH is 1. The van der Waals surface area contributed by atoms with Crippen molar-refractivity contribution in [3.05, 3.63) is 93.9 Å². The van der Waals surface area contributed by atoms with Crippen molar-refractivity contribution in [2.24, 2.45) is 0 Å². The molecule has 3 nitrogen and oxygen atoms in total. The number of nitrogens with one attached hydrogen (secondary N) is 1. The van der Waals surface area contributed by atoms with Gasteiger partial charge in [0.15, 0.2) is 0 Å². The molecule has 0 aliphatic heterocycles. The fourth-order valence-electron chi connectivity index (χ4n) is 2.98. The lowest BCUT2D eigenvalue weighted by atomic mass is 9.85. The topological polar surface area (TPSA) is 52.5 Å². The second kappa shape index (κ2) is 8.56. The average molecular weight is 371 g/mol. The summed E-state index contributed by atoms with van der Waals surface area (Å²) in [5.74, 6) is -0.322. The van der Waals surface area contributed by atoms with Crippen LogP contribution in [0.2, 0.25) is 0 Å². The van der Waals surface area contributed by atoms with Gasteiger partial charge in [-0.2, -0.15) is 11.3 Å². The summed E-state index contributed by atoms with van der Waals surface area (Å²) >= 11 is 1.55. The van der Waals surface area contributed by atoms with E-state index in [0.29, 0.717) is 25.1 Å². The van der Waals surface area contributed by atoms with E-state index in [0.717, 1.165) is 11.1 Å². The molecule has 2 aromatic carbocycles. The Morgan fingerprint density at radius 1 is 1.00 bits per heavy atom. The summed E-state index contributed by atoms with van der Waals surface area (Å²) in [6.07, 6.45) is -0.245. The lowest BCUT2D eigenvalue weighted by molar-refractivity contribution is 0.0699. The van der Waals surface area contributed by atoms with Gasteiger partial charge in [-0.25, -0.2) is 4.39 Å². The number of halogens is 1. The van der Waals surface area contributed by atoms with Gasteiger partial charge in [0.05, 0.1) is 6.10 Å². The molecule has 2 unspecified atom stereocenters. The zero-order valence-corrected chi connectivity index (χ0v) is 15.1. The van der Waals surface area contributed by atoms with E-state index in [2.05, 4.69) is 5.32 Å². The van der Waals surface area contributed by atoms with Gasteiger partial charge in [0, 0.05) is 6.54 Å². The summed E-state index contributed by atoms with van der Waals surface area (Å²) in [6, 6.07) is 17.4. The molecule has 0 bridgehead atoms. The largest absolute Gasteiger partial charge is 0.387 e. The van der Waals surface area contributed by atoms with E-state index < -0.39 is 11.7 Å². The molecule has 0 radical (unpaired) electrons. The molecule has 0 aliphatic rings. The van der Waals surface area contributed by atoms with Gasteiger partial charge < -0.3 is 15.5 Å². The first kappa shape index (κ1) is 18.7. The Morgan fingerprint density at radius 2 is 1.73 bits per heavy atom. The maximum absolute atomic E-state index is 13.0. The summed E-state index contributed by atoms with van der Waals surface area (Å²) < 4.78 is 13.0. The number of thiophene rings is 1. The molecule has 0 saturated heterocycles. The zero-order valence-electron chi connectivity index (χ0n) is 14.3. The van der Waals surface area contributed by atoms with Crippen molar-refractivity contribution in [1.82, 2.24) is 5.32 Å². The van der Waals surface area contributed by atoms with Crippen LogP contribution >= 0.6 is 11.3 Å². The third-order valence-corrected chi connectivity index (χ3v) is 5.19. The average Bonchev–Trinajstić information content (AvgIpc) is 3.21. The van der Waals surface area contributed by atoms with Crippen LogP contribution in [0.25, 0.3) is 0 Å². The van der Waals surface area contributed by atoms with E-state index in [-0.39, 0.29) is 5.82 Å². The molecule has 136 valence electrons. The van der Waals surface area contributed by atoms with E-state index in [1.165, 1.54) is 12.1 Å². The van der Waals surface area contributed by atoms with Crippen molar-refractivity contribution in [3.63, 3.8) is 0 Å². The van der Waals surface area contributed by atoms with Gasteiger partial charge in [0.25, 0.3) is 0 Å². The molecule has 2 atom stereocenters. The molecule has 1 aromatic heterocycles. The second-order valence-electron chi connectivity index (χ2n) is 6.26. The third kappa shape index (κ3) is 4.37. The van der Waals surface area contributed by atoms with Crippen LogP contribution in [0.5, 0.6) is 0 Å². The highest BCUT2D eigenvalue weighted by Crippen LogP contribution is 2.33. The molecule has 1 heterocycles. The van der Waals surface area contributed by atoms with E-state index >= 15 is 0 Å². The van der Waals surface area contributed by atoms with E-state index in [9.17, 15) is 14.6 Å². The van der Waals surface area contributed by atoms with Gasteiger partial charge in [0.1, 0.15) is 11.4 Å². The number of rotatable bonds is 8. The molecule has 5 heteroatoms. The second-order valence-corrected chi connectivity index (χ2v) is 7.04. The fourth-order valence-corrected chi connectivity index (χ4v) is 3.70. The quantitative estimate of drug-likeness (QED) is 0.528. The summed E-state index contributed by atoms with van der Waals surface area (Å²) in [5.41, 5.74) is 1.30. The van der Waals surface area contributed by atoms with Gasteiger partial charge in [0.2, 0.25) is 0 Å². The number of hydrogen-bond acceptors (Lipinski definition) is 4. The Hall–Kier alpha value is -2.05. The molecule has 3 rings (SSSR count). The van der Waals surface area contributed by atoms with Crippen molar-refractivity contribution < 1.29 is 14.6 Å². The minimum atomic E-state index is -1.07. The molecule has 0 amide bonds. The summed E-state index contributed by atoms with van der Waals surface area (Å²) in [7, 11) is 0. The van der Waals surface area contributed by atoms with Gasteiger partial charge in [-0.1, -0.05) is 42.5 Å². The number of hydrogen-bond donors (Lipinski definition) is 3. The van der Waals surface area contributed by atoms with Gasteiger partial charge in [-0.15, -0.1) is 0 Å². The summed E-state index contributed by atoms with van der Waals surface area (Å²) in [6.45, 7) is 0.861. The van der Waals surface area contributed by atoms with Crippen LogP contribution in [-0.4, -0.2) is 23.3 Å². The molecule has 0 spiro atoms. The standard InChI is InChI=1S/C21H22FNO2S/c22-19-8-6-16(7-9-19)20(24)14-23-12-11-21(25,18-10-13-26-15-18)17-4-2-1-3-5-17/h1-10,13,15,20,23-25H,11-12,14H2. The van der Waals surface area contributed by atoms with Crippen LogP contribution in [0.1, 0.15) is 29.2 Å². The van der Waals surface area contributed by atoms with Crippen LogP contribution in [0.15, 0.2) is 71.4 Å². The first-order valence-corrected chi connectivity index (χ1v) is 9.49. The highest BCUT2D eigenvalue weighted by atomic mass is 32.1. The predicted octanol–water partition coefficient (Wildman–Crippen LogP) is 3.84. The Kier molecular flexibility index (Phi) is 6.16. The Labute approximate surface area is 156 Å². The van der Waals surface area contributed by atoms with E-state index in [4.69, 9.17) is 0 Å². The third-order valence-electron chi connectivity index (χ3n) is 4.51. The van der Waals surface area contributed by atoms with Crippen molar-refractivity contribution >= 4 is 11.3 Å². The molecule has 0 fully saturated rings. The Morgan fingerprint density at radius 3 is 2.38 bits per heavy atom. The van der Waals surface area contributed by atoms with Gasteiger partial charge in [-0.05, 0) is 58.6 Å². The smallest absolute Gasteiger partial charge is 0.123 e. The lowest BCUT2D eigenvalue weighted by Crippen LogP contribution is -2.33. The highest BCUT2D eigenvalue weighted by Gasteiger charge is 2.31. The van der Waals surface area contributed by atoms with Gasteiger partial charge >= 0.3 is 0 Å². The number of aliphatic hydroxyl groups is 2. The predicted molar refractivity (Wildman–Crippen MR) is 103 cm³/mol. The van der Waals surface area contributed by atoms with Crippen LogP contribution in [-0.2, 0) is 5.60 Å². The highest BCUT2D eigenvalue weighted by molar-refractivity contribution is 7.08. The van der Waals surface area contributed by atoms with Crippen LogP contribution in [0, 0.1) is 5.82 Å². The minimum absolute atomic E-state index is 0.322. The fraction of sp³-hybridized carbons (Fsp3) is 0.238. The van der Waals surface area contributed by atoms with Crippen molar-refractivity contribution in [2.75, 3.05) is 13.1 Å². The van der Waals surface area contributed by atoms with Crippen molar-refractivity contribution in [3.8, 4) is 0 Å². The summed E-state index contributed by atoms with van der Waals surface area (Å²) in [5, 5.41) is 28.6. The minimum Gasteiger partial charge on any atom is -0.387 e. The molecule has 3 N–H and O–H groups in total. The summed E-state index contributed by atoms with van der Waals surface area (Å²) in [4.78, 5) is 0. The lowest BCUT2D eigenvalue weighted by Gasteiger charge is -2.28. The van der Waals surface area contributed by atoms with Crippen LogP contribution < -0.4 is 5.32 Å². The first-order chi connectivity index (χ1) is 12.6. The van der Waals surface area contributed by atoms with E-state index in [1.807, 2.05) is 47.2 Å². The molecule has 0 saturated carbocycles. The molecule has 3 aromatic rings. The maximum Gasteiger partial charge on any atom is 0.123 e. The Balaban J connectivity index is 1.61. The van der Waals surface area contributed by atoms with Gasteiger partial charge in [-0.3, -0.25) is 0 Å². The van der Waals surface area contributed by atoms with Crippen LogP contribution in [0.4, 0.5) is 4.39 Å². The number of benzene rings is 2. The zero-order chi connectivity index (χ0) is 18.4.